The highest BCUT2D eigenvalue weighted by molar-refractivity contribution is 7.71. The fourth-order valence-corrected chi connectivity index (χ4v) is 2.24. The van der Waals surface area contributed by atoms with Crippen LogP contribution in [-0.2, 0) is 16.1 Å². The van der Waals surface area contributed by atoms with E-state index in [1.807, 2.05) is 10.6 Å². The first kappa shape index (κ1) is 14.5. The molecule has 0 spiro atoms. The minimum Gasteiger partial charge on any atom is -0.481 e. The molecule has 0 amide bonds. The largest absolute Gasteiger partial charge is 0.481 e. The van der Waals surface area contributed by atoms with Gasteiger partial charge < -0.3 is 19.0 Å². The molecule has 0 atom stereocenters. The molecule has 1 N–H and O–H groups in total. The lowest BCUT2D eigenvalue weighted by molar-refractivity contribution is -0.143. The molecule has 0 aliphatic rings. The number of aryl methyl sites for hydroxylation is 1. The summed E-state index contributed by atoms with van der Waals surface area (Å²) in [7, 11) is 1.57. The number of carbonyl (C=O) groups is 1. The average Bonchev–Trinajstić information content (AvgIpc) is 2.74. The number of carbonyl (C=O) groups excluding carboxylic acids is 1. The van der Waals surface area contributed by atoms with E-state index in [0.29, 0.717) is 36.6 Å². The van der Waals surface area contributed by atoms with Gasteiger partial charge >= 0.3 is 5.97 Å². The maximum Gasteiger partial charge on any atom is 0.305 e. The molecule has 0 aliphatic heterocycles. The third-order valence-corrected chi connectivity index (χ3v) is 3.19. The first-order valence-corrected chi connectivity index (χ1v) is 6.85. The van der Waals surface area contributed by atoms with Crippen molar-refractivity contribution in [1.29, 1.82) is 0 Å². The predicted molar refractivity (Wildman–Crippen MR) is 77.3 cm³/mol. The Morgan fingerprint density at radius 3 is 3.00 bits per heavy atom. The van der Waals surface area contributed by atoms with Gasteiger partial charge in [-0.25, -0.2) is 0 Å². The smallest absolute Gasteiger partial charge is 0.305 e. The summed E-state index contributed by atoms with van der Waals surface area (Å²) in [6.07, 6.45) is 1.02. The molecule has 0 saturated carbocycles. The van der Waals surface area contributed by atoms with Crippen molar-refractivity contribution in [2.24, 2.45) is 0 Å². The van der Waals surface area contributed by atoms with Gasteiger partial charge in [0.25, 0.3) is 0 Å². The quantitative estimate of drug-likeness (QED) is 0.655. The van der Waals surface area contributed by atoms with Crippen molar-refractivity contribution in [2.45, 2.75) is 26.3 Å². The summed E-state index contributed by atoms with van der Waals surface area (Å²) in [5, 5.41) is 0. The Bertz CT molecular complexity index is 662. The van der Waals surface area contributed by atoms with Gasteiger partial charge in [-0.05, 0) is 31.6 Å². The van der Waals surface area contributed by atoms with Crippen LogP contribution >= 0.6 is 12.2 Å². The fourth-order valence-electron chi connectivity index (χ4n) is 1.95. The Kier molecular flexibility index (Phi) is 4.73. The van der Waals surface area contributed by atoms with Crippen molar-refractivity contribution in [2.75, 3.05) is 13.7 Å². The molecule has 108 valence electrons. The van der Waals surface area contributed by atoms with E-state index < -0.39 is 0 Å². The van der Waals surface area contributed by atoms with E-state index in [1.54, 1.807) is 20.1 Å². The Balaban J connectivity index is 2.14. The lowest BCUT2D eigenvalue weighted by atomic mass is 10.3. The van der Waals surface area contributed by atoms with Crippen LogP contribution in [0.4, 0.5) is 0 Å². The molecule has 2 aromatic rings. The molecule has 7 heteroatoms. The van der Waals surface area contributed by atoms with Crippen LogP contribution in [0.5, 0.6) is 5.88 Å². The number of aromatic nitrogens is 3. The number of aromatic amines is 1. The number of ether oxygens (including phenoxy) is 2. The summed E-state index contributed by atoms with van der Waals surface area (Å²) in [6.45, 7) is 2.81. The number of nitrogens with zero attached hydrogens (tertiary/aromatic N) is 2. The molecule has 2 heterocycles. The van der Waals surface area contributed by atoms with E-state index in [9.17, 15) is 4.79 Å². The second-order valence-electron chi connectivity index (χ2n) is 4.22. The molecular weight excluding hydrogens is 278 g/mol. The first-order chi connectivity index (χ1) is 9.65. The third-order valence-electron chi connectivity index (χ3n) is 2.87. The minimum atomic E-state index is -0.190. The lowest BCUT2D eigenvalue weighted by Crippen LogP contribution is -2.07. The van der Waals surface area contributed by atoms with Gasteiger partial charge in [0.15, 0.2) is 10.4 Å². The standard InChI is InChI=1S/C13H17N3O3S/c1-3-19-11(17)5-4-8-16-12-9(14-13(16)20)6-7-10(15-12)18-2/h6-7H,3-5,8H2,1-2H3,(H,14,20). The normalized spacial score (nSPS) is 10.7. The van der Waals surface area contributed by atoms with Gasteiger partial charge in [-0.1, -0.05) is 0 Å². The van der Waals surface area contributed by atoms with E-state index >= 15 is 0 Å². The van der Waals surface area contributed by atoms with Crippen molar-refractivity contribution in [3.63, 3.8) is 0 Å². The Labute approximate surface area is 121 Å². The Morgan fingerprint density at radius 2 is 2.30 bits per heavy atom. The monoisotopic (exact) mass is 295 g/mol. The van der Waals surface area contributed by atoms with Crippen molar-refractivity contribution < 1.29 is 14.3 Å². The van der Waals surface area contributed by atoms with Crippen LogP contribution in [0.1, 0.15) is 19.8 Å². The zero-order valence-electron chi connectivity index (χ0n) is 11.5. The van der Waals surface area contributed by atoms with Crippen molar-refractivity contribution >= 4 is 29.4 Å². The summed E-state index contributed by atoms with van der Waals surface area (Å²) in [5.41, 5.74) is 1.59. The van der Waals surface area contributed by atoms with Crippen molar-refractivity contribution in [3.05, 3.63) is 16.9 Å². The van der Waals surface area contributed by atoms with E-state index in [2.05, 4.69) is 9.97 Å². The number of hydrogen-bond donors (Lipinski definition) is 1. The number of esters is 1. The number of rotatable bonds is 6. The molecule has 0 bridgehead atoms. The molecule has 0 fully saturated rings. The third kappa shape index (κ3) is 3.16. The number of pyridine rings is 1. The first-order valence-electron chi connectivity index (χ1n) is 6.45. The molecule has 0 unspecified atom stereocenters. The zero-order chi connectivity index (χ0) is 14.5. The van der Waals surface area contributed by atoms with Gasteiger partial charge in [-0.3, -0.25) is 4.79 Å². The van der Waals surface area contributed by atoms with Crippen LogP contribution in [0.2, 0.25) is 0 Å². The maximum atomic E-state index is 11.3. The van der Waals surface area contributed by atoms with Gasteiger partial charge in [-0.2, -0.15) is 4.98 Å². The summed E-state index contributed by atoms with van der Waals surface area (Å²) in [5.74, 6) is 0.343. The molecule has 6 nitrogen and oxygen atoms in total. The van der Waals surface area contributed by atoms with E-state index in [-0.39, 0.29) is 5.97 Å². The fraction of sp³-hybridized carbons (Fsp3) is 0.462. The molecule has 0 aromatic carbocycles. The van der Waals surface area contributed by atoms with Crippen LogP contribution < -0.4 is 4.74 Å². The van der Waals surface area contributed by atoms with E-state index in [1.165, 1.54) is 0 Å². The second-order valence-corrected chi connectivity index (χ2v) is 4.60. The average molecular weight is 295 g/mol. The second kappa shape index (κ2) is 6.51. The molecule has 2 aromatic heterocycles. The highest BCUT2D eigenvalue weighted by Crippen LogP contribution is 2.17. The van der Waals surface area contributed by atoms with Gasteiger partial charge in [-0.15, -0.1) is 0 Å². The van der Waals surface area contributed by atoms with Crippen LogP contribution in [0.3, 0.4) is 0 Å². The van der Waals surface area contributed by atoms with E-state index in [4.69, 9.17) is 21.7 Å². The van der Waals surface area contributed by atoms with E-state index in [0.717, 1.165) is 11.2 Å². The highest BCUT2D eigenvalue weighted by Gasteiger charge is 2.08. The number of nitrogens with one attached hydrogen (secondary N) is 1. The van der Waals surface area contributed by atoms with Gasteiger partial charge in [0.2, 0.25) is 5.88 Å². The number of hydrogen-bond acceptors (Lipinski definition) is 5. The maximum absolute atomic E-state index is 11.3. The molecule has 0 aliphatic carbocycles. The summed E-state index contributed by atoms with van der Waals surface area (Å²) in [6, 6.07) is 3.65. The lowest BCUT2D eigenvalue weighted by Gasteiger charge is -2.05. The van der Waals surface area contributed by atoms with Crippen LogP contribution in [0.15, 0.2) is 12.1 Å². The number of methoxy groups -OCH3 is 1. The zero-order valence-corrected chi connectivity index (χ0v) is 12.3. The summed E-state index contributed by atoms with van der Waals surface area (Å²) >= 11 is 5.27. The molecular formula is C13H17N3O3S. The number of fused-ring (bicyclic) bond motifs is 1. The summed E-state index contributed by atoms with van der Waals surface area (Å²) < 4.78 is 12.5. The van der Waals surface area contributed by atoms with Gasteiger partial charge in [0, 0.05) is 19.0 Å². The van der Waals surface area contributed by atoms with Crippen LogP contribution in [0.25, 0.3) is 11.2 Å². The number of imidazole rings is 1. The van der Waals surface area contributed by atoms with Crippen LogP contribution in [-0.4, -0.2) is 34.2 Å². The SMILES string of the molecule is CCOC(=O)CCCn1c(=S)[nH]c2ccc(OC)nc21. The van der Waals surface area contributed by atoms with Gasteiger partial charge in [0.05, 0.1) is 19.2 Å². The van der Waals surface area contributed by atoms with Gasteiger partial charge in [0.1, 0.15) is 0 Å². The Morgan fingerprint density at radius 1 is 1.50 bits per heavy atom. The molecule has 0 radical (unpaired) electrons. The molecule has 0 saturated heterocycles. The summed E-state index contributed by atoms with van der Waals surface area (Å²) in [4.78, 5) is 18.8. The molecule has 20 heavy (non-hydrogen) atoms. The van der Waals surface area contributed by atoms with Crippen molar-refractivity contribution in [1.82, 2.24) is 14.5 Å². The van der Waals surface area contributed by atoms with Crippen molar-refractivity contribution in [3.8, 4) is 5.88 Å². The van der Waals surface area contributed by atoms with Crippen LogP contribution in [0, 0.1) is 4.77 Å². The highest BCUT2D eigenvalue weighted by atomic mass is 32.1. The molecule has 2 rings (SSSR count). The predicted octanol–water partition coefficient (Wildman–Crippen LogP) is 2.45. The Hall–Kier alpha value is -1.89. The minimum absolute atomic E-state index is 0.190. The topological polar surface area (TPSA) is 69.1 Å². The number of H-pyrrole nitrogens is 1.